The van der Waals surface area contributed by atoms with Gasteiger partial charge in [-0.2, -0.15) is 0 Å². The normalized spacial score (nSPS) is 10.1. The summed E-state index contributed by atoms with van der Waals surface area (Å²) in [6, 6.07) is 17.2. The van der Waals surface area contributed by atoms with E-state index in [1.54, 1.807) is 6.07 Å². The maximum Gasteiger partial charge on any atom is 0.257 e. The van der Waals surface area contributed by atoms with Gasteiger partial charge >= 0.3 is 0 Å². The van der Waals surface area contributed by atoms with Gasteiger partial charge in [0.15, 0.2) is 18.1 Å². The molecule has 2 N–H and O–H groups in total. The molecule has 0 unspecified atom stereocenters. The van der Waals surface area contributed by atoms with Crippen LogP contribution in [0.4, 0.5) is 0 Å². The van der Waals surface area contributed by atoms with Crippen LogP contribution < -0.4 is 20.1 Å². The second kappa shape index (κ2) is 9.48. The summed E-state index contributed by atoms with van der Waals surface area (Å²) >= 11 is 0. The number of hydrogen-bond donors (Lipinski definition) is 2. The molecule has 0 radical (unpaired) electrons. The molecule has 0 aliphatic heterocycles. The molecule has 0 heterocycles. The van der Waals surface area contributed by atoms with E-state index in [-0.39, 0.29) is 12.5 Å². The van der Waals surface area contributed by atoms with Gasteiger partial charge in [0.1, 0.15) is 6.61 Å². The first-order chi connectivity index (χ1) is 11.3. The second-order valence-corrected chi connectivity index (χ2v) is 4.96. The number of amides is 1. The van der Waals surface area contributed by atoms with Crippen molar-refractivity contribution in [3.05, 3.63) is 60.2 Å². The standard InChI is InChI=1S/C18H22N2O3/c1-19-11-12-20-18(21)14-23-17-10-6-5-9-16(17)22-13-15-7-3-2-4-8-15/h2-10,19H,11-14H2,1H3,(H,20,21). The van der Waals surface area contributed by atoms with Crippen LogP contribution in [-0.4, -0.2) is 32.7 Å². The summed E-state index contributed by atoms with van der Waals surface area (Å²) in [7, 11) is 1.84. The van der Waals surface area contributed by atoms with Gasteiger partial charge in [0, 0.05) is 13.1 Å². The summed E-state index contributed by atoms with van der Waals surface area (Å²) in [5, 5.41) is 5.73. The number of rotatable bonds is 9. The van der Waals surface area contributed by atoms with Crippen LogP contribution in [0.15, 0.2) is 54.6 Å². The third-order valence-corrected chi connectivity index (χ3v) is 3.14. The van der Waals surface area contributed by atoms with Crippen LogP contribution in [0.3, 0.4) is 0 Å². The summed E-state index contributed by atoms with van der Waals surface area (Å²) in [5.74, 6) is 1.03. The molecule has 2 aromatic carbocycles. The van der Waals surface area contributed by atoms with Gasteiger partial charge in [0.05, 0.1) is 0 Å². The van der Waals surface area contributed by atoms with Crippen LogP contribution in [-0.2, 0) is 11.4 Å². The minimum absolute atomic E-state index is 0.0323. The molecule has 0 atom stereocenters. The van der Waals surface area contributed by atoms with Crippen LogP contribution in [0, 0.1) is 0 Å². The fraction of sp³-hybridized carbons (Fsp3) is 0.278. The molecule has 23 heavy (non-hydrogen) atoms. The van der Waals surface area contributed by atoms with E-state index in [4.69, 9.17) is 9.47 Å². The molecule has 0 saturated carbocycles. The van der Waals surface area contributed by atoms with E-state index in [0.29, 0.717) is 24.7 Å². The molecule has 0 fully saturated rings. The number of carbonyl (C=O) groups excluding carboxylic acids is 1. The van der Waals surface area contributed by atoms with Crippen LogP contribution in [0.1, 0.15) is 5.56 Å². The summed E-state index contributed by atoms with van der Waals surface area (Å²) < 4.78 is 11.3. The van der Waals surface area contributed by atoms with Crippen molar-refractivity contribution in [2.75, 3.05) is 26.7 Å². The highest BCUT2D eigenvalue weighted by molar-refractivity contribution is 5.77. The summed E-state index contributed by atoms with van der Waals surface area (Å²) in [6.07, 6.45) is 0. The zero-order valence-corrected chi connectivity index (χ0v) is 13.2. The van der Waals surface area contributed by atoms with Crippen LogP contribution in [0.5, 0.6) is 11.5 Å². The molecule has 0 aliphatic rings. The van der Waals surface area contributed by atoms with Gasteiger partial charge in [-0.3, -0.25) is 4.79 Å². The lowest BCUT2D eigenvalue weighted by molar-refractivity contribution is -0.123. The number of nitrogens with one attached hydrogen (secondary N) is 2. The van der Waals surface area contributed by atoms with Crippen molar-refractivity contribution >= 4 is 5.91 Å². The Morgan fingerprint density at radius 3 is 2.26 bits per heavy atom. The number of likely N-dealkylation sites (N-methyl/N-ethyl adjacent to an activating group) is 1. The van der Waals surface area contributed by atoms with Crippen LogP contribution >= 0.6 is 0 Å². The highest BCUT2D eigenvalue weighted by Gasteiger charge is 2.07. The average Bonchev–Trinajstić information content (AvgIpc) is 2.60. The molecule has 5 nitrogen and oxygen atoms in total. The summed E-state index contributed by atoms with van der Waals surface area (Å²) in [4.78, 5) is 11.7. The van der Waals surface area contributed by atoms with Gasteiger partial charge in [0.25, 0.3) is 5.91 Å². The Kier molecular flexibility index (Phi) is 6.94. The van der Waals surface area contributed by atoms with Gasteiger partial charge in [-0.15, -0.1) is 0 Å². The molecule has 0 bridgehead atoms. The van der Waals surface area contributed by atoms with Crippen molar-refractivity contribution in [1.82, 2.24) is 10.6 Å². The maximum atomic E-state index is 11.7. The first kappa shape index (κ1) is 16.8. The lowest BCUT2D eigenvalue weighted by Gasteiger charge is -2.12. The average molecular weight is 314 g/mol. The first-order valence-corrected chi connectivity index (χ1v) is 7.59. The zero-order valence-electron chi connectivity index (χ0n) is 13.2. The van der Waals surface area contributed by atoms with E-state index < -0.39 is 0 Å². The molecular weight excluding hydrogens is 292 g/mol. The molecule has 5 heteroatoms. The molecule has 0 saturated heterocycles. The largest absolute Gasteiger partial charge is 0.485 e. The van der Waals surface area contributed by atoms with Gasteiger partial charge in [0.2, 0.25) is 0 Å². The van der Waals surface area contributed by atoms with Crippen molar-refractivity contribution < 1.29 is 14.3 Å². The van der Waals surface area contributed by atoms with Gasteiger partial charge in [-0.25, -0.2) is 0 Å². The van der Waals surface area contributed by atoms with Gasteiger partial charge < -0.3 is 20.1 Å². The topological polar surface area (TPSA) is 59.6 Å². The van der Waals surface area contributed by atoms with E-state index in [1.807, 2.05) is 55.6 Å². The van der Waals surface area contributed by atoms with Crippen molar-refractivity contribution in [3.8, 4) is 11.5 Å². The van der Waals surface area contributed by atoms with Gasteiger partial charge in [-0.1, -0.05) is 42.5 Å². The Labute approximate surface area is 136 Å². The molecule has 0 spiro atoms. The predicted octanol–water partition coefficient (Wildman–Crippen LogP) is 1.98. The van der Waals surface area contributed by atoms with E-state index in [2.05, 4.69) is 10.6 Å². The third-order valence-electron chi connectivity index (χ3n) is 3.14. The molecule has 2 aromatic rings. The quantitative estimate of drug-likeness (QED) is 0.695. The molecule has 0 aromatic heterocycles. The fourth-order valence-electron chi connectivity index (χ4n) is 1.95. The molecule has 0 aliphatic carbocycles. The summed E-state index contributed by atoms with van der Waals surface area (Å²) in [6.45, 7) is 1.72. The number of carbonyl (C=O) groups is 1. The van der Waals surface area contributed by atoms with E-state index in [1.165, 1.54) is 0 Å². The molecule has 1 amide bonds. The first-order valence-electron chi connectivity index (χ1n) is 7.59. The predicted molar refractivity (Wildman–Crippen MR) is 89.6 cm³/mol. The summed E-state index contributed by atoms with van der Waals surface area (Å²) in [5.41, 5.74) is 1.08. The van der Waals surface area contributed by atoms with Crippen LogP contribution in [0.25, 0.3) is 0 Å². The van der Waals surface area contributed by atoms with Crippen molar-refractivity contribution in [3.63, 3.8) is 0 Å². The Morgan fingerprint density at radius 1 is 0.913 bits per heavy atom. The Bertz CT molecular complexity index is 602. The second-order valence-electron chi connectivity index (χ2n) is 4.96. The van der Waals surface area contributed by atoms with Crippen molar-refractivity contribution in [2.24, 2.45) is 0 Å². The molecule has 2 rings (SSSR count). The SMILES string of the molecule is CNCCNC(=O)COc1ccccc1OCc1ccccc1. The number of ether oxygens (including phenoxy) is 2. The third kappa shape index (κ3) is 6.00. The Morgan fingerprint density at radius 2 is 1.57 bits per heavy atom. The van der Waals surface area contributed by atoms with Crippen molar-refractivity contribution in [2.45, 2.75) is 6.61 Å². The van der Waals surface area contributed by atoms with E-state index >= 15 is 0 Å². The Balaban J connectivity index is 1.86. The van der Waals surface area contributed by atoms with Crippen LogP contribution in [0.2, 0.25) is 0 Å². The van der Waals surface area contributed by atoms with Crippen molar-refractivity contribution in [1.29, 1.82) is 0 Å². The zero-order chi connectivity index (χ0) is 16.3. The fourth-order valence-corrected chi connectivity index (χ4v) is 1.95. The molecule has 122 valence electrons. The highest BCUT2D eigenvalue weighted by Crippen LogP contribution is 2.27. The number of hydrogen-bond acceptors (Lipinski definition) is 4. The lowest BCUT2D eigenvalue weighted by atomic mass is 10.2. The monoisotopic (exact) mass is 314 g/mol. The minimum atomic E-state index is -0.155. The number of benzene rings is 2. The minimum Gasteiger partial charge on any atom is -0.485 e. The van der Waals surface area contributed by atoms with E-state index in [0.717, 1.165) is 12.1 Å². The smallest absolute Gasteiger partial charge is 0.257 e. The number of para-hydroxylation sites is 2. The lowest BCUT2D eigenvalue weighted by Crippen LogP contribution is -2.33. The molecular formula is C18H22N2O3. The maximum absolute atomic E-state index is 11.7. The van der Waals surface area contributed by atoms with E-state index in [9.17, 15) is 4.79 Å². The van der Waals surface area contributed by atoms with Gasteiger partial charge in [-0.05, 0) is 24.7 Å². The Hall–Kier alpha value is -2.53. The highest BCUT2D eigenvalue weighted by atomic mass is 16.5.